The Bertz CT molecular complexity index is 1600. The van der Waals surface area contributed by atoms with Gasteiger partial charge in [0, 0.05) is 24.9 Å². The van der Waals surface area contributed by atoms with Crippen LogP contribution in [0.5, 0.6) is 17.2 Å². The molecular formula is C33H33F3N2O7. The van der Waals surface area contributed by atoms with E-state index in [1.807, 2.05) is 0 Å². The molecule has 12 heteroatoms. The van der Waals surface area contributed by atoms with Gasteiger partial charge in [0.2, 0.25) is 5.89 Å². The fraction of sp³-hybridized carbons (Fsp3) is 0.303. The summed E-state index contributed by atoms with van der Waals surface area (Å²) in [5.41, 5.74) is 2.14. The molecule has 9 nitrogen and oxygen atoms in total. The van der Waals surface area contributed by atoms with Crippen molar-refractivity contribution in [1.82, 2.24) is 10.3 Å². The van der Waals surface area contributed by atoms with E-state index >= 15 is 0 Å². The molecule has 0 bridgehead atoms. The zero-order valence-corrected chi connectivity index (χ0v) is 24.9. The summed E-state index contributed by atoms with van der Waals surface area (Å²) in [6.07, 6.45) is -4.57. The van der Waals surface area contributed by atoms with Gasteiger partial charge in [-0.3, -0.25) is 4.79 Å². The fourth-order valence-corrected chi connectivity index (χ4v) is 4.33. The van der Waals surface area contributed by atoms with E-state index in [-0.39, 0.29) is 31.4 Å². The van der Waals surface area contributed by atoms with Gasteiger partial charge in [0.1, 0.15) is 23.0 Å². The molecule has 0 atom stereocenters. The van der Waals surface area contributed by atoms with Gasteiger partial charge in [0.25, 0.3) is 0 Å². The van der Waals surface area contributed by atoms with Crippen molar-refractivity contribution >= 4 is 12.1 Å². The topological polar surface area (TPSA) is 120 Å². The summed E-state index contributed by atoms with van der Waals surface area (Å²) in [6, 6.07) is 16.6. The second-order valence-electron chi connectivity index (χ2n) is 10.4. The number of ether oxygens (including phenoxy) is 3. The van der Waals surface area contributed by atoms with Crippen LogP contribution in [-0.2, 0) is 35.1 Å². The van der Waals surface area contributed by atoms with Gasteiger partial charge in [-0.2, -0.15) is 13.2 Å². The Morgan fingerprint density at radius 3 is 2.20 bits per heavy atom. The maximum absolute atomic E-state index is 12.8. The van der Waals surface area contributed by atoms with Crippen molar-refractivity contribution in [1.29, 1.82) is 0 Å². The number of alkyl carbamates (subject to hydrolysis) is 1. The third-order valence-electron chi connectivity index (χ3n) is 6.57. The van der Waals surface area contributed by atoms with E-state index in [0.717, 1.165) is 23.3 Å². The lowest BCUT2D eigenvalue weighted by atomic mass is 10.0. The van der Waals surface area contributed by atoms with Crippen molar-refractivity contribution < 1.29 is 46.5 Å². The van der Waals surface area contributed by atoms with Crippen LogP contribution >= 0.6 is 0 Å². The van der Waals surface area contributed by atoms with Crippen LogP contribution in [0.4, 0.5) is 18.0 Å². The zero-order chi connectivity index (χ0) is 32.6. The number of hydrogen-bond donors (Lipinski definition) is 2. The van der Waals surface area contributed by atoms with Crippen LogP contribution in [-0.4, -0.2) is 34.9 Å². The molecule has 1 heterocycles. The van der Waals surface area contributed by atoms with Crippen molar-refractivity contribution in [2.75, 3.05) is 6.61 Å². The standard InChI is InChI=1S/C33H33F3N2O7/c1-20(2)43-32(41)37-19-24-18-28(12-4-22(24)7-15-30(39)40)42-17-16-29-21(3)44-31(38-29)23-5-10-26(11-6-23)45-27-13-8-25(9-14-27)33(34,35)36/h4-6,8-14,18,20H,7,15-17,19H2,1-3H3,(H,37,41)(H,39,40). The first-order valence-corrected chi connectivity index (χ1v) is 14.2. The molecule has 0 spiro atoms. The lowest BCUT2D eigenvalue weighted by Gasteiger charge is -2.14. The predicted molar refractivity (Wildman–Crippen MR) is 158 cm³/mol. The third kappa shape index (κ3) is 9.75. The smallest absolute Gasteiger partial charge is 0.416 e. The number of benzene rings is 3. The normalized spacial score (nSPS) is 11.4. The minimum absolute atomic E-state index is 0.0493. The van der Waals surface area contributed by atoms with Crippen molar-refractivity contribution in [3.05, 3.63) is 94.9 Å². The SMILES string of the molecule is Cc1oc(-c2ccc(Oc3ccc(C(F)(F)F)cc3)cc2)nc1CCOc1ccc(CCC(=O)O)c(CNC(=O)OC(C)C)c1. The lowest BCUT2D eigenvalue weighted by Crippen LogP contribution is -2.26. The highest BCUT2D eigenvalue weighted by Gasteiger charge is 2.30. The number of carboxylic acid groups (broad SMARTS) is 1. The van der Waals surface area contributed by atoms with Crippen molar-refractivity contribution in [2.24, 2.45) is 0 Å². The Hall–Kier alpha value is -5.00. The molecule has 1 aromatic heterocycles. The first-order chi connectivity index (χ1) is 21.4. The highest BCUT2D eigenvalue weighted by molar-refractivity contribution is 5.68. The molecule has 0 radical (unpaired) electrons. The number of hydrogen-bond acceptors (Lipinski definition) is 7. The van der Waals surface area contributed by atoms with E-state index in [0.29, 0.717) is 47.2 Å². The molecule has 2 N–H and O–H groups in total. The average molecular weight is 627 g/mol. The summed E-state index contributed by atoms with van der Waals surface area (Å²) in [4.78, 5) is 27.7. The summed E-state index contributed by atoms with van der Waals surface area (Å²) in [6.45, 7) is 5.71. The second-order valence-corrected chi connectivity index (χ2v) is 10.4. The number of aryl methyl sites for hydroxylation is 2. The van der Waals surface area contributed by atoms with Crippen molar-refractivity contribution in [2.45, 2.75) is 58.9 Å². The number of nitrogens with zero attached hydrogens (tertiary/aromatic N) is 1. The van der Waals surface area contributed by atoms with Crippen LogP contribution in [0.15, 0.2) is 71.1 Å². The summed E-state index contributed by atoms with van der Waals surface area (Å²) < 4.78 is 60.9. The van der Waals surface area contributed by atoms with Gasteiger partial charge in [-0.15, -0.1) is 0 Å². The molecule has 0 fully saturated rings. The molecule has 0 saturated carbocycles. The molecule has 0 aliphatic heterocycles. The van der Waals surface area contributed by atoms with Gasteiger partial charge >= 0.3 is 18.2 Å². The van der Waals surface area contributed by atoms with Gasteiger partial charge in [0.05, 0.1) is 24.0 Å². The summed E-state index contributed by atoms with van der Waals surface area (Å²) in [5.74, 6) is 1.36. The van der Waals surface area contributed by atoms with E-state index in [1.54, 1.807) is 63.2 Å². The van der Waals surface area contributed by atoms with E-state index in [2.05, 4.69) is 10.3 Å². The fourth-order valence-electron chi connectivity index (χ4n) is 4.33. The monoisotopic (exact) mass is 626 g/mol. The Balaban J connectivity index is 1.35. The van der Waals surface area contributed by atoms with Crippen LogP contribution in [0, 0.1) is 6.92 Å². The number of oxazole rings is 1. The number of alkyl halides is 3. The zero-order valence-electron chi connectivity index (χ0n) is 24.9. The largest absolute Gasteiger partial charge is 0.493 e. The number of carbonyl (C=O) groups is 2. The van der Waals surface area contributed by atoms with Crippen LogP contribution in [0.25, 0.3) is 11.5 Å². The second kappa shape index (κ2) is 14.7. The summed E-state index contributed by atoms with van der Waals surface area (Å²) >= 11 is 0. The van der Waals surface area contributed by atoms with Gasteiger partial charge in [-0.05, 0) is 99.0 Å². The van der Waals surface area contributed by atoms with Crippen LogP contribution < -0.4 is 14.8 Å². The first kappa shape index (κ1) is 32.9. The minimum Gasteiger partial charge on any atom is -0.493 e. The molecule has 0 unspecified atom stereocenters. The van der Waals surface area contributed by atoms with E-state index in [9.17, 15) is 22.8 Å². The van der Waals surface area contributed by atoms with Gasteiger partial charge in [0.15, 0.2) is 0 Å². The molecule has 4 aromatic rings. The van der Waals surface area contributed by atoms with Crippen molar-refractivity contribution in [3.63, 3.8) is 0 Å². The highest BCUT2D eigenvalue weighted by Crippen LogP contribution is 2.32. The van der Waals surface area contributed by atoms with Gasteiger partial charge < -0.3 is 29.1 Å². The molecular weight excluding hydrogens is 593 g/mol. The maximum Gasteiger partial charge on any atom is 0.416 e. The molecule has 4 rings (SSSR count). The Labute approximate surface area is 258 Å². The Morgan fingerprint density at radius 2 is 1.58 bits per heavy atom. The van der Waals surface area contributed by atoms with Crippen molar-refractivity contribution in [3.8, 4) is 28.7 Å². The van der Waals surface area contributed by atoms with Crippen LogP contribution in [0.1, 0.15) is 48.4 Å². The Morgan fingerprint density at radius 1 is 0.933 bits per heavy atom. The number of carboxylic acids is 1. The first-order valence-electron chi connectivity index (χ1n) is 14.2. The molecule has 3 aromatic carbocycles. The number of aromatic nitrogens is 1. The number of halogens is 3. The maximum atomic E-state index is 12.8. The number of rotatable bonds is 13. The Kier molecular flexibility index (Phi) is 10.7. The summed E-state index contributed by atoms with van der Waals surface area (Å²) in [7, 11) is 0. The predicted octanol–water partition coefficient (Wildman–Crippen LogP) is 7.73. The number of aliphatic carboxylic acids is 1. The third-order valence-corrected chi connectivity index (χ3v) is 6.57. The quantitative estimate of drug-likeness (QED) is 0.155. The molecule has 1 amide bonds. The van der Waals surface area contributed by atoms with Crippen LogP contribution in [0.3, 0.4) is 0 Å². The number of amides is 1. The average Bonchev–Trinajstić information content (AvgIpc) is 3.35. The highest BCUT2D eigenvalue weighted by atomic mass is 19.4. The molecule has 0 aliphatic rings. The molecule has 45 heavy (non-hydrogen) atoms. The molecule has 238 valence electrons. The lowest BCUT2D eigenvalue weighted by molar-refractivity contribution is -0.138. The summed E-state index contributed by atoms with van der Waals surface area (Å²) in [5, 5.41) is 11.8. The minimum atomic E-state index is -4.41. The van der Waals surface area contributed by atoms with Gasteiger partial charge in [-0.1, -0.05) is 6.07 Å². The number of carbonyl (C=O) groups excluding carboxylic acids is 1. The number of nitrogens with one attached hydrogen (secondary N) is 1. The molecule has 0 saturated heterocycles. The van der Waals surface area contributed by atoms with E-state index in [1.165, 1.54) is 12.1 Å². The van der Waals surface area contributed by atoms with E-state index < -0.39 is 23.8 Å². The van der Waals surface area contributed by atoms with Crippen LogP contribution in [0.2, 0.25) is 0 Å². The van der Waals surface area contributed by atoms with E-state index in [4.69, 9.17) is 23.7 Å². The van der Waals surface area contributed by atoms with Gasteiger partial charge in [-0.25, -0.2) is 9.78 Å². The molecule has 0 aliphatic carbocycles.